The van der Waals surface area contributed by atoms with Crippen LogP contribution in [0.15, 0.2) is 206 Å². The van der Waals surface area contributed by atoms with Crippen LogP contribution in [-0.2, 0) is 29.8 Å². The van der Waals surface area contributed by atoms with Gasteiger partial charge in [-0.05, 0) is 195 Å². The van der Waals surface area contributed by atoms with Crippen LogP contribution in [0.1, 0.15) is 44.5 Å². The van der Waals surface area contributed by atoms with Gasteiger partial charge in [0.2, 0.25) is 0 Å². The van der Waals surface area contributed by atoms with Crippen molar-refractivity contribution in [3.05, 3.63) is 251 Å². The third-order valence-electron chi connectivity index (χ3n) is 17.5. The highest BCUT2D eigenvalue weighted by Gasteiger charge is 2.52. The Morgan fingerprint density at radius 1 is 0.275 bits per heavy atom. The quantitative estimate of drug-likeness (QED) is 0.0885. The first-order valence-corrected chi connectivity index (χ1v) is 28.0. The van der Waals surface area contributed by atoms with E-state index in [4.69, 9.17) is 37.9 Å². The molecular weight excluding hydrogens is 993 g/mol. The molecule has 0 aromatic heterocycles. The zero-order chi connectivity index (χ0) is 52.5. The topological polar surface area (TPSA) is 87.0 Å². The maximum atomic E-state index is 6.21. The van der Waals surface area contributed by atoms with E-state index in [1.54, 1.807) is 0 Å². The molecule has 0 N–H and O–H groups in total. The largest absolute Gasteiger partial charge is 0.491 e. The predicted molar refractivity (Wildman–Crippen MR) is 312 cm³/mol. The van der Waals surface area contributed by atoms with Gasteiger partial charge in [-0.3, -0.25) is 0 Å². The molecule has 11 aromatic rings. The number of benzene rings is 11. The first kappa shape index (κ1) is 46.4. The van der Waals surface area contributed by atoms with Gasteiger partial charge in [-0.25, -0.2) is 0 Å². The van der Waals surface area contributed by atoms with Crippen molar-refractivity contribution < 1.29 is 37.9 Å². The van der Waals surface area contributed by atoms with Gasteiger partial charge in [-0.2, -0.15) is 0 Å². The van der Waals surface area contributed by atoms with Crippen molar-refractivity contribution in [3.8, 4) is 45.3 Å². The molecule has 11 aromatic carbocycles. The van der Waals surface area contributed by atoms with Gasteiger partial charge in [0.15, 0.2) is 0 Å². The summed E-state index contributed by atoms with van der Waals surface area (Å²) in [7, 11) is 0. The van der Waals surface area contributed by atoms with E-state index in [-0.39, 0.29) is 24.4 Å². The number of epoxide rings is 4. The summed E-state index contributed by atoms with van der Waals surface area (Å²) >= 11 is 0. The average molecular weight is 1050 g/mol. The van der Waals surface area contributed by atoms with E-state index in [1.807, 2.05) is 0 Å². The highest BCUT2D eigenvalue weighted by Crippen LogP contribution is 2.63. The molecule has 0 spiro atoms. The lowest BCUT2D eigenvalue weighted by molar-refractivity contribution is 0.263. The SMILES string of the molecule is c1ccc2c(c1)-c1cc3c(cc1C2(c1ccc2cc(OCC4CO4)ccc2c1)c1ccc2cc(OCC4CO4)ccc2c1)-c1ccccc1C3(c1ccc2cc(OCC3CO3)ccc2c1)c1ccc2cc(OCC3CO3)ccc2c1. The summed E-state index contributed by atoms with van der Waals surface area (Å²) in [5.41, 5.74) is 13.2. The van der Waals surface area contributed by atoms with Crippen LogP contribution < -0.4 is 18.9 Å². The van der Waals surface area contributed by atoms with Gasteiger partial charge in [-0.1, -0.05) is 121 Å². The fraction of sp³-hybridized carbons (Fsp3) is 0.194. The predicted octanol–water partition coefficient (Wildman–Crippen LogP) is 14.1. The number of hydrogen-bond acceptors (Lipinski definition) is 8. The minimum absolute atomic E-state index is 0.177. The Hall–Kier alpha value is -8.50. The lowest BCUT2D eigenvalue weighted by Gasteiger charge is -2.36. The molecule has 6 aliphatic rings. The summed E-state index contributed by atoms with van der Waals surface area (Å²) < 4.78 is 46.7. The summed E-state index contributed by atoms with van der Waals surface area (Å²) in [5, 5.41) is 9.09. The summed E-state index contributed by atoms with van der Waals surface area (Å²) in [6.07, 6.45) is 0.707. The Balaban J connectivity index is 0.893. The van der Waals surface area contributed by atoms with Crippen LogP contribution >= 0.6 is 0 Å². The molecule has 4 fully saturated rings. The molecule has 17 rings (SSSR count). The number of ether oxygens (including phenoxy) is 8. The van der Waals surface area contributed by atoms with E-state index in [0.29, 0.717) is 26.4 Å². The smallest absolute Gasteiger partial charge is 0.120 e. The van der Waals surface area contributed by atoms with Crippen LogP contribution in [0, 0.1) is 0 Å². The van der Waals surface area contributed by atoms with Crippen molar-refractivity contribution in [2.45, 2.75) is 35.2 Å². The van der Waals surface area contributed by atoms with Crippen molar-refractivity contribution in [2.24, 2.45) is 0 Å². The number of rotatable bonds is 16. The van der Waals surface area contributed by atoms with Crippen LogP contribution in [0.2, 0.25) is 0 Å². The van der Waals surface area contributed by atoms with Crippen LogP contribution in [0.5, 0.6) is 23.0 Å². The standard InChI is InChI=1S/C72H54O8/c1-3-7-67-63(5-1)65-33-70-66(34-69(65)71(67,51-17-9-47-29-55(21-13-43(47)25-51)73-35-59-39-77-59)52-18-10-48-30-56(22-14-44(48)26-52)74-36-60-40-78-60)64-6-2-4-8-68(64)72(70,53-19-11-49-31-57(23-15-45(49)27-53)75-37-61-41-79-61)54-20-12-50-32-58(24-16-46(50)28-54)76-38-62-42-80-62/h1-34,59-62H,35-42H2. The molecule has 4 saturated heterocycles. The second kappa shape index (κ2) is 18.0. The van der Waals surface area contributed by atoms with E-state index in [2.05, 4.69) is 206 Å². The fourth-order valence-electron chi connectivity index (χ4n) is 13.2. The summed E-state index contributed by atoms with van der Waals surface area (Å²) in [6.45, 7) is 5.25. The van der Waals surface area contributed by atoms with E-state index in [9.17, 15) is 0 Å². The Kier molecular flexibility index (Phi) is 10.5. The van der Waals surface area contributed by atoms with Gasteiger partial charge in [-0.15, -0.1) is 0 Å². The van der Waals surface area contributed by atoms with Gasteiger partial charge in [0.05, 0.1) is 37.3 Å². The molecule has 0 radical (unpaired) electrons. The second-order valence-corrected chi connectivity index (χ2v) is 22.5. The lowest BCUT2D eigenvalue weighted by atomic mass is 9.65. The summed E-state index contributed by atoms with van der Waals surface area (Å²) in [4.78, 5) is 0. The minimum Gasteiger partial charge on any atom is -0.491 e. The maximum Gasteiger partial charge on any atom is 0.120 e. The molecular formula is C72H54O8. The molecule has 0 bridgehead atoms. The molecule has 4 aliphatic heterocycles. The zero-order valence-electron chi connectivity index (χ0n) is 43.9. The van der Waals surface area contributed by atoms with E-state index >= 15 is 0 Å². The first-order chi connectivity index (χ1) is 39.5. The van der Waals surface area contributed by atoms with Crippen molar-refractivity contribution in [1.82, 2.24) is 0 Å². The van der Waals surface area contributed by atoms with Crippen molar-refractivity contribution in [1.29, 1.82) is 0 Å². The van der Waals surface area contributed by atoms with Crippen molar-refractivity contribution in [3.63, 3.8) is 0 Å². The van der Waals surface area contributed by atoms with E-state index in [1.165, 1.54) is 66.8 Å². The monoisotopic (exact) mass is 1050 g/mol. The van der Waals surface area contributed by atoms with Crippen LogP contribution in [0.3, 0.4) is 0 Å². The Bertz CT molecular complexity index is 3860. The number of hydrogen-bond donors (Lipinski definition) is 0. The summed E-state index contributed by atoms with van der Waals surface area (Å²) in [6, 6.07) is 77.4. The Morgan fingerprint density at radius 3 is 0.825 bits per heavy atom. The number of fused-ring (bicyclic) bond motifs is 10. The third-order valence-corrected chi connectivity index (χ3v) is 17.5. The van der Waals surface area contributed by atoms with E-state index in [0.717, 1.165) is 92.5 Å². The molecule has 4 unspecified atom stereocenters. The molecule has 8 nitrogen and oxygen atoms in total. The second-order valence-electron chi connectivity index (χ2n) is 22.5. The highest BCUT2D eigenvalue weighted by molar-refractivity contribution is 5.98. The normalized spacial score (nSPS) is 22.4. The third kappa shape index (κ3) is 7.72. The van der Waals surface area contributed by atoms with Crippen molar-refractivity contribution in [2.75, 3.05) is 52.9 Å². The van der Waals surface area contributed by atoms with Crippen LogP contribution in [0.4, 0.5) is 0 Å². The van der Waals surface area contributed by atoms with Gasteiger partial charge in [0.25, 0.3) is 0 Å². The summed E-state index contributed by atoms with van der Waals surface area (Å²) in [5.74, 6) is 3.39. The lowest BCUT2D eigenvalue weighted by Crippen LogP contribution is -2.30. The molecule has 0 saturated carbocycles. The molecule has 8 heteroatoms. The van der Waals surface area contributed by atoms with Crippen molar-refractivity contribution >= 4 is 43.1 Å². The molecule has 4 atom stereocenters. The maximum absolute atomic E-state index is 6.21. The molecule has 390 valence electrons. The van der Waals surface area contributed by atoms with Gasteiger partial charge in [0.1, 0.15) is 73.8 Å². The minimum atomic E-state index is -0.719. The molecule has 2 aliphatic carbocycles. The zero-order valence-corrected chi connectivity index (χ0v) is 43.9. The highest BCUT2D eigenvalue weighted by atomic mass is 16.6. The van der Waals surface area contributed by atoms with Crippen LogP contribution in [0.25, 0.3) is 65.3 Å². The van der Waals surface area contributed by atoms with E-state index < -0.39 is 10.8 Å². The molecule has 0 amide bonds. The van der Waals surface area contributed by atoms with Gasteiger partial charge >= 0.3 is 0 Å². The van der Waals surface area contributed by atoms with Gasteiger partial charge in [0, 0.05) is 0 Å². The first-order valence-electron chi connectivity index (χ1n) is 28.0. The molecule has 4 heterocycles. The Morgan fingerprint density at radius 2 is 0.537 bits per heavy atom. The fourth-order valence-corrected chi connectivity index (χ4v) is 13.2. The van der Waals surface area contributed by atoms with Gasteiger partial charge < -0.3 is 37.9 Å². The average Bonchev–Trinajstić information content (AvgIpc) is 3.76. The van der Waals surface area contributed by atoms with Crippen LogP contribution in [-0.4, -0.2) is 77.3 Å². The molecule has 80 heavy (non-hydrogen) atoms. The Labute approximate surface area is 462 Å².